The van der Waals surface area contributed by atoms with Gasteiger partial charge in [-0.2, -0.15) is 0 Å². The Morgan fingerprint density at radius 2 is 1.44 bits per heavy atom. The normalized spacial score (nSPS) is 24.3. The molecule has 0 N–H and O–H groups in total. The van der Waals surface area contributed by atoms with Gasteiger partial charge in [-0.1, -0.05) is 105 Å². The second-order valence-corrected chi connectivity index (χ2v) is 11.4. The van der Waals surface area contributed by atoms with E-state index in [2.05, 4.69) is 99.6 Å². The monoisotopic (exact) mass is 336 g/mol. The highest BCUT2D eigenvalue weighted by molar-refractivity contribution is 5.61. The van der Waals surface area contributed by atoms with Crippen molar-refractivity contribution in [2.75, 3.05) is 0 Å². The van der Waals surface area contributed by atoms with Gasteiger partial charge < -0.3 is 0 Å². The first-order chi connectivity index (χ1) is 11.2. The van der Waals surface area contributed by atoms with Gasteiger partial charge in [-0.15, -0.1) is 0 Å². The van der Waals surface area contributed by atoms with Crippen LogP contribution in [0.3, 0.4) is 0 Å². The number of fused-ring (bicyclic) bond motifs is 3. The fourth-order valence-corrected chi connectivity index (χ4v) is 4.69. The van der Waals surface area contributed by atoms with E-state index in [1.165, 1.54) is 16.7 Å². The van der Waals surface area contributed by atoms with E-state index >= 15 is 0 Å². The van der Waals surface area contributed by atoms with Crippen molar-refractivity contribution in [1.82, 2.24) is 0 Å². The molecule has 0 radical (unpaired) electrons. The van der Waals surface area contributed by atoms with Crippen molar-refractivity contribution in [3.05, 3.63) is 58.2 Å². The van der Waals surface area contributed by atoms with E-state index < -0.39 is 0 Å². The van der Waals surface area contributed by atoms with Crippen molar-refractivity contribution < 1.29 is 0 Å². The van der Waals surface area contributed by atoms with Gasteiger partial charge in [0, 0.05) is 11.3 Å². The van der Waals surface area contributed by atoms with Crippen LogP contribution in [0.1, 0.15) is 91.8 Å². The Morgan fingerprint density at radius 3 is 1.96 bits per heavy atom. The van der Waals surface area contributed by atoms with E-state index in [1.54, 1.807) is 11.1 Å². The largest absolute Gasteiger partial charge is 0.0742 e. The molecule has 0 nitrogen and oxygen atoms in total. The van der Waals surface area contributed by atoms with Crippen molar-refractivity contribution >= 4 is 0 Å². The second kappa shape index (κ2) is 5.12. The number of benzene rings is 1. The Balaban J connectivity index is 2.24. The van der Waals surface area contributed by atoms with Crippen LogP contribution in [0.5, 0.6) is 0 Å². The van der Waals surface area contributed by atoms with E-state index in [1.807, 2.05) is 0 Å². The van der Waals surface area contributed by atoms with Crippen LogP contribution in [0.25, 0.3) is 0 Å². The lowest BCUT2D eigenvalue weighted by Gasteiger charge is -2.40. The molecule has 0 heterocycles. The maximum Gasteiger partial charge on any atom is 0.0149 e. The third-order valence-electron chi connectivity index (χ3n) is 6.38. The molecule has 1 aromatic rings. The molecule has 136 valence electrons. The molecule has 0 saturated carbocycles. The van der Waals surface area contributed by atoms with E-state index in [4.69, 9.17) is 0 Å². The topological polar surface area (TPSA) is 0 Å². The molecular weight excluding hydrogens is 300 g/mol. The highest BCUT2D eigenvalue weighted by atomic mass is 14.5. The lowest BCUT2D eigenvalue weighted by atomic mass is 9.64. The summed E-state index contributed by atoms with van der Waals surface area (Å²) in [6.07, 6.45) is 5.05. The molecule has 0 aliphatic heterocycles. The third kappa shape index (κ3) is 2.82. The Morgan fingerprint density at radius 1 is 0.840 bits per heavy atom. The lowest BCUT2D eigenvalue weighted by Crippen LogP contribution is -2.29. The Labute approximate surface area is 155 Å². The lowest BCUT2D eigenvalue weighted by molar-refractivity contribution is 0.377. The molecule has 0 bridgehead atoms. The zero-order valence-corrected chi connectivity index (χ0v) is 18.0. The van der Waals surface area contributed by atoms with E-state index in [9.17, 15) is 0 Å². The summed E-state index contributed by atoms with van der Waals surface area (Å²) >= 11 is 0. The predicted molar refractivity (Wildman–Crippen MR) is 110 cm³/mol. The summed E-state index contributed by atoms with van der Waals surface area (Å²) in [5, 5.41) is 0. The first-order valence-corrected chi connectivity index (χ1v) is 9.76. The number of allylic oxidation sites excluding steroid dienone is 4. The quantitative estimate of drug-likeness (QED) is 0.466. The molecule has 0 saturated heterocycles. The van der Waals surface area contributed by atoms with Crippen LogP contribution in [0.15, 0.2) is 41.5 Å². The molecule has 0 aromatic heterocycles. The first kappa shape index (κ1) is 18.5. The molecule has 2 aliphatic carbocycles. The number of hydrogen-bond acceptors (Lipinski definition) is 0. The van der Waals surface area contributed by atoms with Gasteiger partial charge in [0.15, 0.2) is 0 Å². The molecule has 0 heteroatoms. The molecule has 25 heavy (non-hydrogen) atoms. The van der Waals surface area contributed by atoms with Crippen LogP contribution in [0, 0.1) is 10.8 Å². The number of hydrogen-bond donors (Lipinski definition) is 0. The smallest absolute Gasteiger partial charge is 0.0149 e. The summed E-state index contributed by atoms with van der Waals surface area (Å²) in [6.45, 7) is 23.6. The van der Waals surface area contributed by atoms with E-state index in [0.717, 1.165) is 0 Å². The molecular formula is C25H36. The van der Waals surface area contributed by atoms with Crippen molar-refractivity contribution in [2.45, 2.75) is 86.0 Å². The fourth-order valence-electron chi connectivity index (χ4n) is 4.69. The zero-order chi connectivity index (χ0) is 19.0. The summed E-state index contributed by atoms with van der Waals surface area (Å²) in [5.41, 5.74) is 8.24. The van der Waals surface area contributed by atoms with Crippen molar-refractivity contribution in [2.24, 2.45) is 10.8 Å². The van der Waals surface area contributed by atoms with E-state index in [-0.39, 0.29) is 21.7 Å². The van der Waals surface area contributed by atoms with Crippen LogP contribution >= 0.6 is 0 Å². The van der Waals surface area contributed by atoms with Gasteiger partial charge in [-0.3, -0.25) is 0 Å². The second-order valence-electron chi connectivity index (χ2n) is 11.4. The Bertz CT molecular complexity index is 767. The summed E-state index contributed by atoms with van der Waals surface area (Å²) in [4.78, 5) is 0. The average Bonchev–Trinajstić information content (AvgIpc) is 2.65. The molecule has 0 spiro atoms. The molecule has 1 atom stereocenters. The minimum atomic E-state index is 0.100. The van der Waals surface area contributed by atoms with Gasteiger partial charge in [-0.25, -0.2) is 0 Å². The average molecular weight is 337 g/mol. The summed E-state index contributed by atoms with van der Waals surface area (Å²) in [6, 6.07) is 7.26. The Kier molecular flexibility index (Phi) is 3.79. The number of rotatable bonds is 0. The van der Waals surface area contributed by atoms with Gasteiger partial charge in [0.1, 0.15) is 0 Å². The van der Waals surface area contributed by atoms with E-state index in [0.29, 0.717) is 5.92 Å². The van der Waals surface area contributed by atoms with Crippen molar-refractivity contribution in [3.8, 4) is 0 Å². The fraction of sp³-hybridized carbons (Fsp3) is 0.600. The van der Waals surface area contributed by atoms with Gasteiger partial charge in [0.2, 0.25) is 0 Å². The van der Waals surface area contributed by atoms with Crippen LogP contribution < -0.4 is 0 Å². The van der Waals surface area contributed by atoms with Crippen LogP contribution in [-0.4, -0.2) is 0 Å². The SMILES string of the molecule is CC(C)(C)C1=CC(C)(C)C2C(=C1)C(C)(C)c1cc(C(C)(C)C)ccc12. The highest BCUT2D eigenvalue weighted by Crippen LogP contribution is 2.60. The first-order valence-electron chi connectivity index (χ1n) is 9.76. The minimum Gasteiger partial charge on any atom is -0.0742 e. The van der Waals surface area contributed by atoms with Gasteiger partial charge >= 0.3 is 0 Å². The zero-order valence-electron chi connectivity index (χ0n) is 18.0. The van der Waals surface area contributed by atoms with Crippen LogP contribution in [-0.2, 0) is 10.8 Å². The maximum absolute atomic E-state index is 2.53. The summed E-state index contributed by atoms with van der Waals surface area (Å²) in [5.74, 6) is 0.498. The highest BCUT2D eigenvalue weighted by Gasteiger charge is 2.49. The molecule has 1 unspecified atom stereocenters. The van der Waals surface area contributed by atoms with Gasteiger partial charge in [0.05, 0.1) is 0 Å². The summed E-state index contributed by atoms with van der Waals surface area (Å²) < 4.78 is 0. The predicted octanol–water partition coefficient (Wildman–Crippen LogP) is 7.30. The standard InChI is InChI=1S/C25H36/c1-22(2,3)16-11-12-18-19(13-16)25(9,10)20-14-17(23(4,5)6)15-24(7,8)21(18)20/h11-15,21H,1-10H3. The van der Waals surface area contributed by atoms with Crippen LogP contribution in [0.4, 0.5) is 0 Å². The van der Waals surface area contributed by atoms with Gasteiger partial charge in [-0.05, 0) is 38.5 Å². The van der Waals surface area contributed by atoms with Crippen LogP contribution in [0.2, 0.25) is 0 Å². The van der Waals surface area contributed by atoms with Gasteiger partial charge in [0.25, 0.3) is 0 Å². The molecule has 2 aliphatic rings. The molecule has 1 aromatic carbocycles. The third-order valence-corrected chi connectivity index (χ3v) is 6.38. The Hall–Kier alpha value is -1.30. The molecule has 0 amide bonds. The molecule has 3 rings (SSSR count). The molecule has 0 fully saturated rings. The maximum atomic E-state index is 2.53. The van der Waals surface area contributed by atoms with Crippen molar-refractivity contribution in [1.29, 1.82) is 0 Å². The summed E-state index contributed by atoms with van der Waals surface area (Å²) in [7, 11) is 0. The van der Waals surface area contributed by atoms with Crippen molar-refractivity contribution in [3.63, 3.8) is 0 Å². The minimum absolute atomic E-state index is 0.100.